The molecule has 1 N–H and O–H groups in total. The van der Waals surface area contributed by atoms with Crippen molar-refractivity contribution < 1.29 is 21.9 Å². The van der Waals surface area contributed by atoms with Crippen LogP contribution in [0.3, 0.4) is 0 Å². The number of hydrogen-bond donors (Lipinski definition) is 1. The molecule has 0 atom stereocenters. The Morgan fingerprint density at radius 2 is 2.00 bits per heavy atom. The van der Waals surface area contributed by atoms with Crippen molar-refractivity contribution in [3.05, 3.63) is 53.7 Å². The molecule has 124 valence electrons. The van der Waals surface area contributed by atoms with E-state index >= 15 is 0 Å². The maximum atomic E-state index is 13.2. The van der Waals surface area contributed by atoms with E-state index in [-0.39, 0.29) is 23.9 Å². The first-order chi connectivity index (χ1) is 10.9. The van der Waals surface area contributed by atoms with Gasteiger partial charge in [-0.05, 0) is 24.6 Å². The lowest BCUT2D eigenvalue weighted by atomic mass is 10.2. The number of halogens is 2. The fraction of sp³-hybridized carbons (Fsp3) is 0.267. The molecule has 0 amide bonds. The van der Waals surface area contributed by atoms with E-state index < -0.39 is 21.7 Å². The van der Waals surface area contributed by atoms with Crippen LogP contribution in [0.5, 0.6) is 11.6 Å². The average molecular weight is 342 g/mol. The van der Waals surface area contributed by atoms with Crippen LogP contribution in [0.2, 0.25) is 0 Å². The van der Waals surface area contributed by atoms with E-state index in [9.17, 15) is 17.2 Å². The molecule has 0 radical (unpaired) electrons. The van der Waals surface area contributed by atoms with Crippen LogP contribution in [0.25, 0.3) is 0 Å². The SMILES string of the molecule is CCCS(=O)(=O)NCc1cccnc1Oc1ccc(F)c(F)c1. The molecule has 2 aromatic rings. The Bertz CT molecular complexity index is 782. The highest BCUT2D eigenvalue weighted by atomic mass is 32.2. The molecule has 1 heterocycles. The van der Waals surface area contributed by atoms with Gasteiger partial charge in [-0.2, -0.15) is 0 Å². The van der Waals surface area contributed by atoms with Gasteiger partial charge in [0, 0.05) is 24.4 Å². The zero-order valence-corrected chi connectivity index (χ0v) is 13.2. The van der Waals surface area contributed by atoms with Gasteiger partial charge in [0.05, 0.1) is 5.75 Å². The van der Waals surface area contributed by atoms with Crippen LogP contribution in [-0.2, 0) is 16.6 Å². The van der Waals surface area contributed by atoms with Gasteiger partial charge in [0.15, 0.2) is 11.6 Å². The summed E-state index contributed by atoms with van der Waals surface area (Å²) in [5.41, 5.74) is 0.483. The van der Waals surface area contributed by atoms with Gasteiger partial charge < -0.3 is 4.74 Å². The molecular weight excluding hydrogens is 326 g/mol. The first kappa shape index (κ1) is 17.3. The lowest BCUT2D eigenvalue weighted by Gasteiger charge is -2.11. The standard InChI is InChI=1S/C15H16F2N2O3S/c1-2-8-23(20,21)19-10-11-4-3-7-18-15(11)22-12-5-6-13(16)14(17)9-12/h3-7,9,19H,2,8,10H2,1H3. The van der Waals surface area contributed by atoms with Crippen molar-refractivity contribution in [3.8, 4) is 11.6 Å². The molecule has 23 heavy (non-hydrogen) atoms. The lowest BCUT2D eigenvalue weighted by Crippen LogP contribution is -2.25. The number of aromatic nitrogens is 1. The number of rotatable bonds is 7. The van der Waals surface area contributed by atoms with Gasteiger partial charge in [-0.1, -0.05) is 13.0 Å². The Labute approximate surface area is 133 Å². The first-order valence-electron chi connectivity index (χ1n) is 6.95. The van der Waals surface area contributed by atoms with Crippen molar-refractivity contribution in [1.29, 1.82) is 0 Å². The van der Waals surface area contributed by atoms with Gasteiger partial charge in [0.25, 0.3) is 0 Å². The Morgan fingerprint density at radius 1 is 1.22 bits per heavy atom. The molecule has 1 aromatic carbocycles. The van der Waals surface area contributed by atoms with Crippen LogP contribution in [0.15, 0.2) is 36.5 Å². The van der Waals surface area contributed by atoms with Crippen molar-refractivity contribution in [1.82, 2.24) is 9.71 Å². The third-order valence-electron chi connectivity index (χ3n) is 2.91. The van der Waals surface area contributed by atoms with Gasteiger partial charge in [0.2, 0.25) is 15.9 Å². The fourth-order valence-corrected chi connectivity index (χ4v) is 2.89. The summed E-state index contributed by atoms with van der Waals surface area (Å²) >= 11 is 0. The molecule has 0 saturated heterocycles. The van der Waals surface area contributed by atoms with Crippen molar-refractivity contribution in [2.45, 2.75) is 19.9 Å². The fourth-order valence-electron chi connectivity index (χ4n) is 1.83. The highest BCUT2D eigenvalue weighted by Gasteiger charge is 2.12. The van der Waals surface area contributed by atoms with Crippen LogP contribution in [0, 0.1) is 11.6 Å². The molecule has 0 aliphatic carbocycles. The lowest BCUT2D eigenvalue weighted by molar-refractivity contribution is 0.442. The van der Waals surface area contributed by atoms with Crippen LogP contribution in [0.4, 0.5) is 8.78 Å². The molecule has 1 aromatic heterocycles. The number of pyridine rings is 1. The largest absolute Gasteiger partial charge is 0.439 e. The van der Waals surface area contributed by atoms with Gasteiger partial charge in [-0.15, -0.1) is 0 Å². The number of nitrogens with one attached hydrogen (secondary N) is 1. The molecule has 0 fully saturated rings. The normalized spacial score (nSPS) is 11.4. The van der Waals surface area contributed by atoms with Gasteiger partial charge >= 0.3 is 0 Å². The number of sulfonamides is 1. The quantitative estimate of drug-likeness (QED) is 0.840. The summed E-state index contributed by atoms with van der Waals surface area (Å²) < 4.78 is 57.4. The molecular formula is C15H16F2N2O3S. The highest BCUT2D eigenvalue weighted by molar-refractivity contribution is 7.89. The smallest absolute Gasteiger partial charge is 0.223 e. The Kier molecular flexibility index (Phi) is 5.62. The highest BCUT2D eigenvalue weighted by Crippen LogP contribution is 2.24. The molecule has 0 unspecified atom stereocenters. The number of ether oxygens (including phenoxy) is 1. The van der Waals surface area contributed by atoms with Crippen molar-refractivity contribution in [2.24, 2.45) is 0 Å². The van der Waals surface area contributed by atoms with Crippen LogP contribution < -0.4 is 9.46 Å². The second-order valence-electron chi connectivity index (χ2n) is 4.79. The predicted molar refractivity (Wildman–Crippen MR) is 81.6 cm³/mol. The number of benzene rings is 1. The Hall–Kier alpha value is -2.06. The molecule has 0 aliphatic rings. The predicted octanol–water partition coefficient (Wildman–Crippen LogP) is 2.98. The Morgan fingerprint density at radius 3 is 2.70 bits per heavy atom. The summed E-state index contributed by atoms with van der Waals surface area (Å²) in [6, 6.07) is 6.36. The van der Waals surface area contributed by atoms with Crippen LogP contribution in [0.1, 0.15) is 18.9 Å². The summed E-state index contributed by atoms with van der Waals surface area (Å²) in [4.78, 5) is 4.00. The summed E-state index contributed by atoms with van der Waals surface area (Å²) in [6.07, 6.45) is 1.96. The van der Waals surface area contributed by atoms with Crippen molar-refractivity contribution in [3.63, 3.8) is 0 Å². The van der Waals surface area contributed by atoms with Crippen molar-refractivity contribution >= 4 is 10.0 Å². The minimum absolute atomic E-state index is 0.00478. The van der Waals surface area contributed by atoms with E-state index in [1.165, 1.54) is 12.3 Å². The van der Waals surface area contributed by atoms with E-state index in [2.05, 4.69) is 9.71 Å². The molecule has 0 saturated carbocycles. The summed E-state index contributed by atoms with van der Waals surface area (Å²) in [5.74, 6) is -1.81. The van der Waals surface area contributed by atoms with Crippen molar-refractivity contribution in [2.75, 3.05) is 5.75 Å². The molecule has 8 heteroatoms. The monoisotopic (exact) mass is 342 g/mol. The second kappa shape index (κ2) is 7.47. The number of hydrogen-bond acceptors (Lipinski definition) is 4. The van der Waals surface area contributed by atoms with Crippen LogP contribution >= 0.6 is 0 Å². The molecule has 5 nitrogen and oxygen atoms in total. The van der Waals surface area contributed by atoms with E-state index in [4.69, 9.17) is 4.74 Å². The average Bonchev–Trinajstić information content (AvgIpc) is 2.50. The maximum absolute atomic E-state index is 13.2. The van der Waals surface area contributed by atoms with E-state index in [1.807, 2.05) is 0 Å². The molecule has 0 spiro atoms. The van der Waals surface area contributed by atoms with Gasteiger partial charge in [0.1, 0.15) is 5.75 Å². The first-order valence-corrected chi connectivity index (χ1v) is 8.60. The maximum Gasteiger partial charge on any atom is 0.223 e. The Balaban J connectivity index is 2.15. The van der Waals surface area contributed by atoms with Gasteiger partial charge in [-0.25, -0.2) is 26.9 Å². The van der Waals surface area contributed by atoms with Gasteiger partial charge in [-0.3, -0.25) is 0 Å². The minimum Gasteiger partial charge on any atom is -0.439 e. The molecule has 2 rings (SSSR count). The zero-order valence-electron chi connectivity index (χ0n) is 12.4. The van der Waals surface area contributed by atoms with E-state index in [0.29, 0.717) is 12.0 Å². The summed E-state index contributed by atoms with van der Waals surface area (Å²) in [7, 11) is -3.37. The van der Waals surface area contributed by atoms with E-state index in [0.717, 1.165) is 12.1 Å². The topological polar surface area (TPSA) is 68.3 Å². The second-order valence-corrected chi connectivity index (χ2v) is 6.71. The minimum atomic E-state index is -3.37. The van der Waals surface area contributed by atoms with Crippen LogP contribution in [-0.4, -0.2) is 19.2 Å². The van der Waals surface area contributed by atoms with E-state index in [1.54, 1.807) is 19.1 Å². The number of nitrogens with zero attached hydrogens (tertiary/aromatic N) is 1. The molecule has 0 aliphatic heterocycles. The summed E-state index contributed by atoms with van der Waals surface area (Å²) in [5, 5.41) is 0. The zero-order chi connectivity index (χ0) is 16.9. The summed E-state index contributed by atoms with van der Waals surface area (Å²) in [6.45, 7) is 1.76. The third-order valence-corrected chi connectivity index (χ3v) is 4.44. The third kappa shape index (κ3) is 4.97. The molecule has 0 bridgehead atoms.